The second-order valence-corrected chi connectivity index (χ2v) is 4.72. The van der Waals surface area contributed by atoms with Crippen molar-refractivity contribution in [2.24, 2.45) is 17.6 Å². The minimum Gasteiger partial charge on any atom is -0.384 e. The maximum atomic E-state index is 11.6. The highest BCUT2D eigenvalue weighted by molar-refractivity contribution is 5.83. The van der Waals surface area contributed by atoms with Crippen molar-refractivity contribution in [2.75, 3.05) is 26.9 Å². The Labute approximate surface area is 105 Å². The molecule has 4 atom stereocenters. The van der Waals surface area contributed by atoms with Gasteiger partial charge in [0.15, 0.2) is 0 Å². The first kappa shape index (κ1) is 13.1. The highest BCUT2D eigenvalue weighted by atomic mass is 16.5. The molecule has 7 nitrogen and oxygen atoms in total. The summed E-state index contributed by atoms with van der Waals surface area (Å²) in [5.74, 6) is 0.327. The van der Waals surface area contributed by atoms with Gasteiger partial charge in [0.25, 0.3) is 0 Å². The van der Waals surface area contributed by atoms with E-state index >= 15 is 0 Å². The zero-order valence-electron chi connectivity index (χ0n) is 10.3. The molecule has 18 heavy (non-hydrogen) atoms. The monoisotopic (exact) mass is 257 g/mol. The number of carbonyl (C=O) groups is 2. The fraction of sp³-hybridized carbons (Fsp3) is 0.818. The lowest BCUT2D eigenvalue weighted by Gasteiger charge is -2.47. The highest BCUT2D eigenvalue weighted by Crippen LogP contribution is 2.43. The van der Waals surface area contributed by atoms with E-state index in [1.165, 1.54) is 0 Å². The maximum absolute atomic E-state index is 11.6. The molecule has 7 heteroatoms. The molecule has 2 fully saturated rings. The first-order chi connectivity index (χ1) is 8.63. The molecule has 1 saturated heterocycles. The van der Waals surface area contributed by atoms with Gasteiger partial charge < -0.3 is 25.8 Å². The first-order valence-corrected chi connectivity index (χ1v) is 6.06. The molecule has 102 valence electrons. The summed E-state index contributed by atoms with van der Waals surface area (Å²) in [5, 5.41) is 5.18. The SMILES string of the molecule is COC[C@H]1[C@@H](NC(=O)CNC(N)=O)[C@H]2CCO[C@H]21. The summed E-state index contributed by atoms with van der Waals surface area (Å²) < 4.78 is 10.7. The molecule has 0 aromatic rings. The average molecular weight is 257 g/mol. The molecule has 0 aromatic heterocycles. The summed E-state index contributed by atoms with van der Waals surface area (Å²) in [6, 6.07) is -0.631. The third-order valence-electron chi connectivity index (χ3n) is 3.64. The summed E-state index contributed by atoms with van der Waals surface area (Å²) in [7, 11) is 1.63. The first-order valence-electron chi connectivity index (χ1n) is 6.06. The summed E-state index contributed by atoms with van der Waals surface area (Å²) in [4.78, 5) is 22.1. The van der Waals surface area contributed by atoms with Crippen molar-refractivity contribution in [3.05, 3.63) is 0 Å². The third-order valence-corrected chi connectivity index (χ3v) is 3.64. The highest BCUT2D eigenvalue weighted by Gasteiger charge is 2.54. The number of ether oxygens (including phenoxy) is 2. The van der Waals surface area contributed by atoms with E-state index < -0.39 is 6.03 Å². The van der Waals surface area contributed by atoms with Crippen LogP contribution in [0.5, 0.6) is 0 Å². The Morgan fingerprint density at radius 1 is 1.50 bits per heavy atom. The van der Waals surface area contributed by atoms with E-state index in [0.717, 1.165) is 13.0 Å². The van der Waals surface area contributed by atoms with Crippen LogP contribution in [0, 0.1) is 11.8 Å². The largest absolute Gasteiger partial charge is 0.384 e. The predicted octanol–water partition coefficient (Wildman–Crippen LogP) is -1.18. The van der Waals surface area contributed by atoms with Crippen LogP contribution in [0.2, 0.25) is 0 Å². The second-order valence-electron chi connectivity index (χ2n) is 4.72. The number of hydrogen-bond donors (Lipinski definition) is 3. The van der Waals surface area contributed by atoms with Crippen LogP contribution in [-0.2, 0) is 14.3 Å². The molecule has 0 aromatic carbocycles. The van der Waals surface area contributed by atoms with Gasteiger partial charge in [0.05, 0.1) is 19.3 Å². The lowest BCUT2D eigenvalue weighted by Crippen LogP contribution is -2.63. The number of nitrogens with one attached hydrogen (secondary N) is 2. The number of urea groups is 1. The van der Waals surface area contributed by atoms with Gasteiger partial charge in [-0.3, -0.25) is 4.79 Å². The van der Waals surface area contributed by atoms with Gasteiger partial charge in [-0.15, -0.1) is 0 Å². The van der Waals surface area contributed by atoms with Crippen molar-refractivity contribution in [1.82, 2.24) is 10.6 Å². The quantitative estimate of drug-likeness (QED) is 0.577. The van der Waals surface area contributed by atoms with Crippen LogP contribution >= 0.6 is 0 Å². The fourth-order valence-electron chi connectivity index (χ4n) is 2.84. The normalized spacial score (nSPS) is 33.4. The topological polar surface area (TPSA) is 103 Å². The summed E-state index contributed by atoms with van der Waals surface area (Å²) in [5.41, 5.74) is 4.91. The second kappa shape index (κ2) is 5.53. The molecule has 3 amide bonds. The van der Waals surface area contributed by atoms with Gasteiger partial charge in [0, 0.05) is 31.6 Å². The Kier molecular flexibility index (Phi) is 4.03. The molecule has 1 aliphatic carbocycles. The van der Waals surface area contributed by atoms with Crippen LogP contribution < -0.4 is 16.4 Å². The summed E-state index contributed by atoms with van der Waals surface area (Å²) in [6.07, 6.45) is 1.15. The number of rotatable bonds is 5. The Bertz CT molecular complexity index is 336. The van der Waals surface area contributed by atoms with Crippen LogP contribution in [0.1, 0.15) is 6.42 Å². The van der Waals surface area contributed by atoms with Crippen LogP contribution in [0.3, 0.4) is 0 Å². The van der Waals surface area contributed by atoms with Crippen LogP contribution in [0.4, 0.5) is 4.79 Å². The molecule has 2 aliphatic rings. The predicted molar refractivity (Wildman–Crippen MR) is 62.7 cm³/mol. The van der Waals surface area contributed by atoms with Crippen molar-refractivity contribution in [3.8, 4) is 0 Å². The number of nitrogens with two attached hydrogens (primary N) is 1. The Balaban J connectivity index is 1.83. The summed E-state index contributed by atoms with van der Waals surface area (Å²) >= 11 is 0. The molecule has 4 N–H and O–H groups in total. The van der Waals surface area contributed by atoms with Gasteiger partial charge in [-0.2, -0.15) is 0 Å². The van der Waals surface area contributed by atoms with E-state index in [2.05, 4.69) is 10.6 Å². The smallest absolute Gasteiger partial charge is 0.312 e. The van der Waals surface area contributed by atoms with Gasteiger partial charge in [0.1, 0.15) is 0 Å². The lowest BCUT2D eigenvalue weighted by atomic mass is 9.67. The van der Waals surface area contributed by atoms with E-state index in [0.29, 0.717) is 12.5 Å². The van der Waals surface area contributed by atoms with Gasteiger partial charge in [-0.25, -0.2) is 4.79 Å². The Morgan fingerprint density at radius 3 is 2.94 bits per heavy atom. The molecular formula is C11H19N3O4. The molecule has 0 unspecified atom stereocenters. The van der Waals surface area contributed by atoms with E-state index in [9.17, 15) is 9.59 Å². The number of carbonyl (C=O) groups excluding carboxylic acids is 2. The van der Waals surface area contributed by atoms with Crippen molar-refractivity contribution in [3.63, 3.8) is 0 Å². The van der Waals surface area contributed by atoms with Gasteiger partial charge in [-0.1, -0.05) is 0 Å². The lowest BCUT2D eigenvalue weighted by molar-refractivity contribution is -0.128. The minimum absolute atomic E-state index is 0.0691. The van der Waals surface area contributed by atoms with Crippen LogP contribution in [0.15, 0.2) is 0 Å². The minimum atomic E-state index is -0.700. The molecule has 0 bridgehead atoms. The van der Waals surface area contributed by atoms with E-state index in [-0.39, 0.29) is 30.5 Å². The van der Waals surface area contributed by atoms with E-state index in [1.807, 2.05) is 0 Å². The number of primary amides is 1. The summed E-state index contributed by atoms with van der Waals surface area (Å²) in [6.45, 7) is 1.21. The Morgan fingerprint density at radius 2 is 2.28 bits per heavy atom. The van der Waals surface area contributed by atoms with Crippen molar-refractivity contribution >= 4 is 11.9 Å². The van der Waals surface area contributed by atoms with Crippen molar-refractivity contribution < 1.29 is 19.1 Å². The Hall–Kier alpha value is -1.34. The zero-order valence-corrected chi connectivity index (χ0v) is 10.3. The van der Waals surface area contributed by atoms with Crippen molar-refractivity contribution in [1.29, 1.82) is 0 Å². The molecule has 1 heterocycles. The van der Waals surface area contributed by atoms with Crippen LogP contribution in [-0.4, -0.2) is 51.0 Å². The molecule has 2 rings (SSSR count). The van der Waals surface area contributed by atoms with Crippen molar-refractivity contribution in [2.45, 2.75) is 18.6 Å². The molecule has 1 saturated carbocycles. The maximum Gasteiger partial charge on any atom is 0.312 e. The number of fused-ring (bicyclic) bond motifs is 1. The average Bonchev–Trinajstić information content (AvgIpc) is 2.75. The zero-order chi connectivity index (χ0) is 13.1. The van der Waals surface area contributed by atoms with Gasteiger partial charge in [0.2, 0.25) is 5.91 Å². The standard InChI is InChI=1S/C11H19N3O4/c1-17-5-7-9(6-2-3-18-10(6)7)14-8(15)4-13-11(12)16/h6-7,9-10H,2-5H2,1H3,(H,14,15)(H3,12,13,16)/t6-,7+,9+,10-/m1/s1. The third kappa shape index (κ3) is 2.56. The fourth-order valence-corrected chi connectivity index (χ4v) is 2.84. The molecule has 0 spiro atoms. The number of hydrogen-bond acceptors (Lipinski definition) is 4. The van der Waals surface area contributed by atoms with Crippen LogP contribution in [0.25, 0.3) is 0 Å². The van der Waals surface area contributed by atoms with E-state index in [4.69, 9.17) is 15.2 Å². The number of amides is 3. The molecule has 0 radical (unpaired) electrons. The van der Waals surface area contributed by atoms with Gasteiger partial charge in [-0.05, 0) is 6.42 Å². The molecular weight excluding hydrogens is 238 g/mol. The molecule has 1 aliphatic heterocycles. The van der Waals surface area contributed by atoms with Gasteiger partial charge >= 0.3 is 6.03 Å². The van der Waals surface area contributed by atoms with E-state index in [1.54, 1.807) is 7.11 Å². The number of methoxy groups -OCH3 is 1.